The summed E-state index contributed by atoms with van der Waals surface area (Å²) in [7, 11) is 0. The minimum Gasteiger partial charge on any atom is -0.451 e. The Kier molecular flexibility index (Phi) is 3.48. The van der Waals surface area contributed by atoms with E-state index in [4.69, 9.17) is 4.42 Å². The Morgan fingerprint density at radius 2 is 2.25 bits per heavy atom. The summed E-state index contributed by atoms with van der Waals surface area (Å²) in [6.07, 6.45) is 0. The third-order valence-corrected chi connectivity index (χ3v) is 2.82. The van der Waals surface area contributed by atoms with Crippen molar-refractivity contribution in [3.63, 3.8) is 0 Å². The van der Waals surface area contributed by atoms with Crippen molar-refractivity contribution in [1.29, 1.82) is 0 Å². The number of fused-ring (bicyclic) bond motifs is 1. The van der Waals surface area contributed by atoms with Crippen LogP contribution < -0.4 is 5.32 Å². The molecule has 16 heavy (non-hydrogen) atoms. The molecule has 1 amide bonds. The van der Waals surface area contributed by atoms with Gasteiger partial charge in [0.2, 0.25) is 0 Å². The summed E-state index contributed by atoms with van der Waals surface area (Å²) in [5.41, 5.74) is 1.91. The van der Waals surface area contributed by atoms with Crippen LogP contribution in [0.2, 0.25) is 0 Å². The number of carbonyl (C=O) groups excluding carboxylic acids is 1. The third-order valence-electron chi connectivity index (χ3n) is 2.28. The summed E-state index contributed by atoms with van der Waals surface area (Å²) in [6.45, 7) is 2.68. The standard InChI is InChI=1S/C12H12INO2/c1-8-2-3-10-9(6-8)7-11(16-10)12(15)14-5-4-13/h2-3,6-7H,4-5H2,1H3,(H,14,15). The molecule has 0 aliphatic rings. The molecule has 3 nitrogen and oxygen atoms in total. The fourth-order valence-electron chi connectivity index (χ4n) is 1.52. The van der Waals surface area contributed by atoms with Gasteiger partial charge in [0.15, 0.2) is 5.76 Å². The molecule has 0 saturated carbocycles. The molecule has 0 radical (unpaired) electrons. The van der Waals surface area contributed by atoms with Crippen molar-refractivity contribution in [1.82, 2.24) is 5.32 Å². The van der Waals surface area contributed by atoms with Gasteiger partial charge in [-0.3, -0.25) is 4.79 Å². The van der Waals surface area contributed by atoms with E-state index in [0.29, 0.717) is 12.3 Å². The highest BCUT2D eigenvalue weighted by Crippen LogP contribution is 2.20. The van der Waals surface area contributed by atoms with Gasteiger partial charge < -0.3 is 9.73 Å². The van der Waals surface area contributed by atoms with Crippen molar-refractivity contribution in [2.45, 2.75) is 6.92 Å². The van der Waals surface area contributed by atoms with E-state index >= 15 is 0 Å². The first-order valence-corrected chi connectivity index (χ1v) is 6.57. The van der Waals surface area contributed by atoms with Gasteiger partial charge >= 0.3 is 0 Å². The molecule has 2 rings (SSSR count). The molecule has 1 aromatic carbocycles. The van der Waals surface area contributed by atoms with Crippen molar-refractivity contribution in [2.75, 3.05) is 11.0 Å². The van der Waals surface area contributed by atoms with Crippen molar-refractivity contribution >= 4 is 39.5 Å². The van der Waals surface area contributed by atoms with Crippen molar-refractivity contribution in [3.05, 3.63) is 35.6 Å². The lowest BCUT2D eigenvalue weighted by molar-refractivity contribution is 0.0931. The molecule has 1 aromatic heterocycles. The monoisotopic (exact) mass is 329 g/mol. The molecule has 1 heterocycles. The first-order valence-electron chi connectivity index (χ1n) is 5.05. The number of furan rings is 1. The van der Waals surface area contributed by atoms with Crippen molar-refractivity contribution in [3.8, 4) is 0 Å². The normalized spacial score (nSPS) is 10.6. The molecule has 0 unspecified atom stereocenters. The smallest absolute Gasteiger partial charge is 0.287 e. The number of nitrogens with one attached hydrogen (secondary N) is 1. The van der Waals surface area contributed by atoms with Crippen LogP contribution in [-0.2, 0) is 0 Å². The maximum Gasteiger partial charge on any atom is 0.287 e. The summed E-state index contributed by atoms with van der Waals surface area (Å²) in [4.78, 5) is 11.6. The number of carbonyl (C=O) groups is 1. The average Bonchev–Trinajstić information content (AvgIpc) is 2.68. The van der Waals surface area contributed by atoms with E-state index in [2.05, 4.69) is 27.9 Å². The van der Waals surface area contributed by atoms with Gasteiger partial charge in [-0.15, -0.1) is 0 Å². The number of benzene rings is 1. The van der Waals surface area contributed by atoms with E-state index in [1.807, 2.05) is 25.1 Å². The van der Waals surface area contributed by atoms with Crippen molar-refractivity contribution < 1.29 is 9.21 Å². The highest BCUT2D eigenvalue weighted by molar-refractivity contribution is 14.1. The van der Waals surface area contributed by atoms with Gasteiger partial charge in [-0.05, 0) is 25.1 Å². The number of aryl methyl sites for hydroxylation is 1. The molecule has 0 fully saturated rings. The van der Waals surface area contributed by atoms with Gasteiger partial charge in [0, 0.05) is 16.4 Å². The van der Waals surface area contributed by atoms with E-state index in [9.17, 15) is 4.79 Å². The van der Waals surface area contributed by atoms with Crippen LogP contribution in [0.5, 0.6) is 0 Å². The Labute approximate surface area is 107 Å². The van der Waals surface area contributed by atoms with Gasteiger partial charge in [-0.1, -0.05) is 34.2 Å². The maximum absolute atomic E-state index is 11.6. The van der Waals surface area contributed by atoms with E-state index in [0.717, 1.165) is 21.0 Å². The second kappa shape index (κ2) is 4.86. The quantitative estimate of drug-likeness (QED) is 0.695. The molecule has 0 spiro atoms. The fraction of sp³-hybridized carbons (Fsp3) is 0.250. The number of rotatable bonds is 3. The summed E-state index contributed by atoms with van der Waals surface area (Å²) in [6, 6.07) is 7.65. The van der Waals surface area contributed by atoms with E-state index < -0.39 is 0 Å². The third kappa shape index (κ3) is 2.37. The second-order valence-corrected chi connectivity index (χ2v) is 4.68. The Bertz CT molecular complexity index is 519. The first kappa shape index (κ1) is 11.4. The molecule has 0 aliphatic carbocycles. The van der Waals surface area contributed by atoms with Crippen LogP contribution in [0.25, 0.3) is 11.0 Å². The van der Waals surface area contributed by atoms with E-state index in [1.165, 1.54) is 0 Å². The Morgan fingerprint density at radius 3 is 3.00 bits per heavy atom. The number of hydrogen-bond donors (Lipinski definition) is 1. The summed E-state index contributed by atoms with van der Waals surface area (Å²) >= 11 is 2.21. The lowest BCUT2D eigenvalue weighted by atomic mass is 10.2. The number of halogens is 1. The highest BCUT2D eigenvalue weighted by atomic mass is 127. The van der Waals surface area contributed by atoms with E-state index in [1.54, 1.807) is 6.07 Å². The maximum atomic E-state index is 11.6. The van der Waals surface area contributed by atoms with Crippen LogP contribution in [0.4, 0.5) is 0 Å². The molecule has 2 aromatic rings. The zero-order valence-corrected chi connectivity index (χ0v) is 11.1. The molecule has 1 N–H and O–H groups in total. The largest absolute Gasteiger partial charge is 0.451 e. The molecule has 0 atom stereocenters. The average molecular weight is 329 g/mol. The summed E-state index contributed by atoms with van der Waals surface area (Å²) in [5.74, 6) is 0.232. The lowest BCUT2D eigenvalue weighted by Crippen LogP contribution is -2.24. The van der Waals surface area contributed by atoms with Crippen LogP contribution in [-0.4, -0.2) is 16.9 Å². The highest BCUT2D eigenvalue weighted by Gasteiger charge is 2.11. The predicted octanol–water partition coefficient (Wildman–Crippen LogP) is 2.91. The molecular formula is C12H12INO2. The van der Waals surface area contributed by atoms with Crippen LogP contribution in [0.1, 0.15) is 16.1 Å². The fourth-order valence-corrected chi connectivity index (χ4v) is 1.79. The van der Waals surface area contributed by atoms with Gasteiger partial charge in [0.1, 0.15) is 5.58 Å². The molecule has 0 aliphatic heterocycles. The molecular weight excluding hydrogens is 317 g/mol. The molecule has 4 heteroatoms. The van der Waals surface area contributed by atoms with Gasteiger partial charge in [-0.2, -0.15) is 0 Å². The zero-order chi connectivity index (χ0) is 11.5. The minimum atomic E-state index is -0.148. The second-order valence-electron chi connectivity index (χ2n) is 3.60. The van der Waals surface area contributed by atoms with E-state index in [-0.39, 0.29) is 5.91 Å². The summed E-state index contributed by atoms with van der Waals surface area (Å²) in [5, 5.41) is 3.76. The Morgan fingerprint density at radius 1 is 1.44 bits per heavy atom. The Hall–Kier alpha value is -1.04. The zero-order valence-electron chi connectivity index (χ0n) is 8.92. The van der Waals surface area contributed by atoms with Crippen LogP contribution in [0, 0.1) is 6.92 Å². The van der Waals surface area contributed by atoms with Crippen molar-refractivity contribution in [2.24, 2.45) is 0 Å². The Balaban J connectivity index is 2.28. The summed E-state index contributed by atoms with van der Waals surface area (Å²) < 4.78 is 6.36. The molecule has 0 bridgehead atoms. The molecule has 84 valence electrons. The first-order chi connectivity index (χ1) is 7.70. The topological polar surface area (TPSA) is 42.2 Å². The number of amides is 1. The van der Waals surface area contributed by atoms with Crippen LogP contribution in [0.3, 0.4) is 0 Å². The number of alkyl halides is 1. The lowest BCUT2D eigenvalue weighted by Gasteiger charge is -1.97. The SMILES string of the molecule is Cc1ccc2oc(C(=O)NCCI)cc2c1. The number of hydrogen-bond acceptors (Lipinski definition) is 2. The minimum absolute atomic E-state index is 0.148. The van der Waals surface area contributed by atoms with Gasteiger partial charge in [0.05, 0.1) is 0 Å². The molecule has 0 saturated heterocycles. The van der Waals surface area contributed by atoms with Gasteiger partial charge in [-0.25, -0.2) is 0 Å². The predicted molar refractivity (Wildman–Crippen MR) is 72.2 cm³/mol. The van der Waals surface area contributed by atoms with Crippen LogP contribution in [0.15, 0.2) is 28.7 Å². The van der Waals surface area contributed by atoms with Gasteiger partial charge in [0.25, 0.3) is 5.91 Å². The van der Waals surface area contributed by atoms with Crippen LogP contribution >= 0.6 is 22.6 Å².